The monoisotopic (exact) mass is 196 g/mol. The number of hydrogen-bond acceptors (Lipinski definition) is 1. The van der Waals surface area contributed by atoms with Crippen molar-refractivity contribution in [3.05, 3.63) is 0 Å². The third-order valence-corrected chi connectivity index (χ3v) is 3.84. The minimum Gasteiger partial charge on any atom is -0.299 e. The van der Waals surface area contributed by atoms with Gasteiger partial charge in [-0.2, -0.15) is 0 Å². The highest BCUT2D eigenvalue weighted by Gasteiger charge is 2.27. The average molecular weight is 196 g/mol. The Balaban J connectivity index is 2.39. The summed E-state index contributed by atoms with van der Waals surface area (Å²) in [6.07, 6.45) is 8.42. The van der Waals surface area contributed by atoms with Gasteiger partial charge in [0.1, 0.15) is 5.78 Å². The Hall–Kier alpha value is -0.330. The van der Waals surface area contributed by atoms with E-state index in [4.69, 9.17) is 0 Å². The van der Waals surface area contributed by atoms with E-state index in [1.807, 2.05) is 0 Å². The lowest BCUT2D eigenvalue weighted by molar-refractivity contribution is -0.128. The summed E-state index contributed by atoms with van der Waals surface area (Å²) in [6.45, 7) is 6.27. The zero-order valence-electron chi connectivity index (χ0n) is 9.94. The van der Waals surface area contributed by atoms with Gasteiger partial charge in [-0.15, -0.1) is 0 Å². The molecule has 0 amide bonds. The number of hydrogen-bond donors (Lipinski definition) is 0. The molecule has 0 radical (unpaired) electrons. The minimum absolute atomic E-state index is 0.0859. The van der Waals surface area contributed by atoms with Gasteiger partial charge in [0.15, 0.2) is 0 Å². The number of Topliss-reactive ketones (excluding diaryl/α,β-unsaturated/α-hetero) is 1. The predicted molar refractivity (Wildman–Crippen MR) is 60.3 cm³/mol. The van der Waals surface area contributed by atoms with Crippen LogP contribution < -0.4 is 0 Å². The van der Waals surface area contributed by atoms with Gasteiger partial charge in [-0.1, -0.05) is 52.9 Å². The molecule has 0 aromatic heterocycles. The summed E-state index contributed by atoms with van der Waals surface area (Å²) in [7, 11) is 0. The molecule has 1 aliphatic carbocycles. The average Bonchev–Trinajstić information content (AvgIpc) is 2.19. The third kappa shape index (κ3) is 3.11. The number of ketones is 1. The maximum absolute atomic E-state index is 12.0. The Morgan fingerprint density at radius 3 is 2.29 bits per heavy atom. The topological polar surface area (TPSA) is 17.1 Å². The van der Waals surface area contributed by atoms with Crippen LogP contribution in [-0.2, 0) is 4.79 Å². The maximum atomic E-state index is 12.0. The van der Waals surface area contributed by atoms with Crippen LogP contribution in [0.15, 0.2) is 0 Å². The number of carbonyl (C=O) groups excluding carboxylic acids is 1. The molecular weight excluding hydrogens is 172 g/mol. The van der Waals surface area contributed by atoms with Gasteiger partial charge in [-0.3, -0.25) is 4.79 Å². The van der Waals surface area contributed by atoms with E-state index in [1.54, 1.807) is 0 Å². The summed E-state index contributed by atoms with van der Waals surface area (Å²) in [5, 5.41) is 0. The van der Waals surface area contributed by atoms with Crippen molar-refractivity contribution in [1.29, 1.82) is 0 Å². The third-order valence-electron chi connectivity index (χ3n) is 3.84. The van der Waals surface area contributed by atoms with Crippen LogP contribution in [0.25, 0.3) is 0 Å². The molecule has 0 atom stereocenters. The molecule has 0 saturated heterocycles. The zero-order valence-corrected chi connectivity index (χ0v) is 9.94. The standard InChI is InChI=1S/C13H24O/c1-4-13(2,3)12(14)10-11-8-6-5-7-9-11/h11H,4-10H2,1-3H3. The SMILES string of the molecule is CCC(C)(C)C(=O)CC1CCCCC1. The number of rotatable bonds is 4. The lowest BCUT2D eigenvalue weighted by atomic mass is 9.77. The normalized spacial score (nSPS) is 19.6. The van der Waals surface area contributed by atoms with Crippen LogP contribution in [0.3, 0.4) is 0 Å². The summed E-state index contributed by atoms with van der Waals surface area (Å²) in [4.78, 5) is 12.0. The molecule has 0 N–H and O–H groups in total. The first-order chi connectivity index (χ1) is 6.56. The van der Waals surface area contributed by atoms with Crippen molar-refractivity contribution < 1.29 is 4.79 Å². The first-order valence-electron chi connectivity index (χ1n) is 6.09. The van der Waals surface area contributed by atoms with Gasteiger partial charge in [-0.25, -0.2) is 0 Å². The van der Waals surface area contributed by atoms with Crippen LogP contribution in [0.2, 0.25) is 0 Å². The molecule has 14 heavy (non-hydrogen) atoms. The van der Waals surface area contributed by atoms with Crippen molar-refractivity contribution in [2.45, 2.75) is 65.7 Å². The van der Waals surface area contributed by atoms with Crippen molar-refractivity contribution in [1.82, 2.24) is 0 Å². The highest BCUT2D eigenvalue weighted by Crippen LogP contribution is 2.31. The molecule has 0 bridgehead atoms. The second-order valence-corrected chi connectivity index (χ2v) is 5.37. The Morgan fingerprint density at radius 2 is 1.79 bits per heavy atom. The minimum atomic E-state index is -0.0859. The van der Waals surface area contributed by atoms with E-state index < -0.39 is 0 Å². The Morgan fingerprint density at radius 1 is 1.21 bits per heavy atom. The van der Waals surface area contributed by atoms with Gasteiger partial charge >= 0.3 is 0 Å². The first-order valence-corrected chi connectivity index (χ1v) is 6.09. The molecule has 1 fully saturated rings. The van der Waals surface area contributed by atoms with E-state index in [1.165, 1.54) is 32.1 Å². The zero-order chi connectivity index (χ0) is 10.6. The molecule has 0 unspecified atom stereocenters. The predicted octanol–water partition coefficient (Wildman–Crippen LogP) is 3.96. The fourth-order valence-electron chi connectivity index (χ4n) is 2.13. The molecule has 82 valence electrons. The van der Waals surface area contributed by atoms with Gasteiger partial charge < -0.3 is 0 Å². The smallest absolute Gasteiger partial charge is 0.138 e. The van der Waals surface area contributed by atoms with Gasteiger partial charge in [0.25, 0.3) is 0 Å². The second kappa shape index (κ2) is 4.95. The molecule has 1 aliphatic rings. The van der Waals surface area contributed by atoms with Crippen LogP contribution >= 0.6 is 0 Å². The second-order valence-electron chi connectivity index (χ2n) is 5.37. The van der Waals surface area contributed by atoms with Gasteiger partial charge in [0, 0.05) is 11.8 Å². The van der Waals surface area contributed by atoms with E-state index in [9.17, 15) is 4.79 Å². The Bertz CT molecular complexity index is 187. The van der Waals surface area contributed by atoms with E-state index in [0.29, 0.717) is 11.7 Å². The highest BCUT2D eigenvalue weighted by atomic mass is 16.1. The lowest BCUT2D eigenvalue weighted by Crippen LogP contribution is -2.26. The molecule has 0 aromatic rings. The van der Waals surface area contributed by atoms with Crippen molar-refractivity contribution in [2.75, 3.05) is 0 Å². The van der Waals surface area contributed by atoms with Crippen molar-refractivity contribution in [3.8, 4) is 0 Å². The largest absolute Gasteiger partial charge is 0.299 e. The van der Waals surface area contributed by atoms with E-state index in [-0.39, 0.29) is 5.41 Å². The quantitative estimate of drug-likeness (QED) is 0.665. The van der Waals surface area contributed by atoms with Crippen LogP contribution in [0.4, 0.5) is 0 Å². The fraction of sp³-hybridized carbons (Fsp3) is 0.923. The first kappa shape index (κ1) is 11.7. The summed E-state index contributed by atoms with van der Waals surface area (Å²) in [5.41, 5.74) is -0.0859. The van der Waals surface area contributed by atoms with Crippen LogP contribution in [-0.4, -0.2) is 5.78 Å². The Labute approximate surface area is 88.3 Å². The van der Waals surface area contributed by atoms with Gasteiger partial charge in [-0.05, 0) is 12.3 Å². The van der Waals surface area contributed by atoms with Crippen LogP contribution in [0.5, 0.6) is 0 Å². The summed E-state index contributed by atoms with van der Waals surface area (Å²) in [5.74, 6) is 1.17. The molecule has 0 aliphatic heterocycles. The van der Waals surface area contributed by atoms with Crippen LogP contribution in [0, 0.1) is 11.3 Å². The van der Waals surface area contributed by atoms with E-state index >= 15 is 0 Å². The number of carbonyl (C=O) groups is 1. The molecule has 0 aromatic carbocycles. The highest BCUT2D eigenvalue weighted by molar-refractivity contribution is 5.84. The Kier molecular flexibility index (Phi) is 4.15. The molecule has 0 spiro atoms. The van der Waals surface area contributed by atoms with Crippen molar-refractivity contribution >= 4 is 5.78 Å². The van der Waals surface area contributed by atoms with Crippen LogP contribution in [0.1, 0.15) is 65.7 Å². The summed E-state index contributed by atoms with van der Waals surface area (Å²) < 4.78 is 0. The van der Waals surface area contributed by atoms with E-state index in [2.05, 4.69) is 20.8 Å². The molecule has 1 nitrogen and oxygen atoms in total. The molecule has 0 heterocycles. The van der Waals surface area contributed by atoms with Crippen molar-refractivity contribution in [2.24, 2.45) is 11.3 Å². The maximum Gasteiger partial charge on any atom is 0.138 e. The molecule has 1 saturated carbocycles. The van der Waals surface area contributed by atoms with Gasteiger partial charge in [0.05, 0.1) is 0 Å². The lowest BCUT2D eigenvalue weighted by Gasteiger charge is -2.26. The van der Waals surface area contributed by atoms with Gasteiger partial charge in [0.2, 0.25) is 0 Å². The summed E-state index contributed by atoms with van der Waals surface area (Å²) >= 11 is 0. The molecule has 1 heteroatoms. The fourth-order valence-corrected chi connectivity index (χ4v) is 2.13. The molecule has 1 rings (SSSR count). The van der Waals surface area contributed by atoms with Crippen molar-refractivity contribution in [3.63, 3.8) is 0 Å². The van der Waals surface area contributed by atoms with E-state index in [0.717, 1.165) is 12.8 Å². The summed E-state index contributed by atoms with van der Waals surface area (Å²) in [6, 6.07) is 0. The molecular formula is C13H24O.